The van der Waals surface area contributed by atoms with Crippen molar-refractivity contribution in [2.24, 2.45) is 5.92 Å². The number of nitrogens with one attached hydrogen (secondary N) is 1. The normalized spacial score (nSPS) is 23.0. The molecule has 2 N–H and O–H groups in total. The molecule has 3 atom stereocenters. The van der Waals surface area contributed by atoms with E-state index in [1.165, 1.54) is 0 Å². The van der Waals surface area contributed by atoms with Gasteiger partial charge in [-0.05, 0) is 43.5 Å². The Kier molecular flexibility index (Phi) is 5.11. The molecule has 2 aromatic rings. The second-order valence-electron chi connectivity index (χ2n) is 6.18. The third-order valence-corrected chi connectivity index (χ3v) is 4.47. The van der Waals surface area contributed by atoms with Crippen molar-refractivity contribution in [3.05, 3.63) is 59.9 Å². The van der Waals surface area contributed by atoms with Crippen LogP contribution in [0.1, 0.15) is 28.9 Å². The molecule has 1 heterocycles. The summed E-state index contributed by atoms with van der Waals surface area (Å²) in [4.78, 5) is 16.3. The Bertz CT molecular complexity index is 690. The van der Waals surface area contributed by atoms with Gasteiger partial charge in [0.25, 0.3) is 5.91 Å². The minimum atomic E-state index is -0.588. The molecule has 5 nitrogen and oxygen atoms in total. The number of para-hydroxylation sites is 1. The molecule has 0 radical (unpaired) electrons. The first-order chi connectivity index (χ1) is 11.6. The third-order valence-electron chi connectivity index (χ3n) is 4.47. The molecule has 0 spiro atoms. The summed E-state index contributed by atoms with van der Waals surface area (Å²) in [5.41, 5.74) is 1.27. The summed E-state index contributed by atoms with van der Waals surface area (Å²) in [7, 11) is 0. The van der Waals surface area contributed by atoms with Gasteiger partial charge in [-0.25, -0.2) is 0 Å². The molecule has 1 amide bonds. The highest BCUT2D eigenvalue weighted by Crippen LogP contribution is 2.29. The molecule has 1 fully saturated rings. The number of carbonyl (C=O) groups excluding carboxylic acids is 1. The molecule has 0 saturated heterocycles. The summed E-state index contributed by atoms with van der Waals surface area (Å²) in [5.74, 6) is 0.551. The Morgan fingerprint density at radius 3 is 2.79 bits per heavy atom. The molecule has 0 unspecified atom stereocenters. The summed E-state index contributed by atoms with van der Waals surface area (Å²) >= 11 is 0. The summed E-state index contributed by atoms with van der Waals surface area (Å²) < 4.78 is 5.85. The number of nitrogens with zero attached hydrogens (tertiary/aromatic N) is 1. The zero-order chi connectivity index (χ0) is 16.9. The van der Waals surface area contributed by atoms with Crippen LogP contribution < -0.4 is 10.1 Å². The van der Waals surface area contributed by atoms with Crippen LogP contribution in [0, 0.1) is 12.8 Å². The van der Waals surface area contributed by atoms with Gasteiger partial charge in [0.05, 0.1) is 6.10 Å². The van der Waals surface area contributed by atoms with E-state index in [2.05, 4.69) is 10.3 Å². The van der Waals surface area contributed by atoms with Crippen LogP contribution in [0.25, 0.3) is 0 Å². The Morgan fingerprint density at radius 1 is 1.25 bits per heavy atom. The highest BCUT2D eigenvalue weighted by molar-refractivity contribution is 5.93. The lowest BCUT2D eigenvalue weighted by Gasteiger charge is -2.21. The minimum absolute atomic E-state index is 0.00770. The lowest BCUT2D eigenvalue weighted by molar-refractivity contribution is 0.0348. The van der Waals surface area contributed by atoms with Crippen molar-refractivity contribution >= 4 is 5.91 Å². The standard InChI is InChI=1S/C19H22N2O3/c1-13-6-5-11-20-17(13)19(23)21-12-14-9-10-16(18(14)22)24-15-7-3-2-4-8-15/h2-8,11,14,16,18,22H,9-10,12H2,1H3,(H,21,23)/t14-,16-,18-/m1/s1. The smallest absolute Gasteiger partial charge is 0.270 e. The second-order valence-corrected chi connectivity index (χ2v) is 6.18. The van der Waals surface area contributed by atoms with Crippen molar-refractivity contribution in [1.82, 2.24) is 10.3 Å². The molecular formula is C19H22N2O3. The van der Waals surface area contributed by atoms with Crippen LogP contribution in [0.3, 0.4) is 0 Å². The van der Waals surface area contributed by atoms with Gasteiger partial charge in [-0.1, -0.05) is 24.3 Å². The highest BCUT2D eigenvalue weighted by Gasteiger charge is 2.36. The van der Waals surface area contributed by atoms with Crippen LogP contribution in [0.2, 0.25) is 0 Å². The van der Waals surface area contributed by atoms with Gasteiger partial charge in [-0.3, -0.25) is 9.78 Å². The molecule has 1 aliphatic rings. The Morgan fingerprint density at radius 2 is 2.04 bits per heavy atom. The highest BCUT2D eigenvalue weighted by atomic mass is 16.5. The van der Waals surface area contributed by atoms with Crippen LogP contribution >= 0.6 is 0 Å². The fourth-order valence-electron chi connectivity index (χ4n) is 3.08. The Hall–Kier alpha value is -2.40. The Labute approximate surface area is 141 Å². The largest absolute Gasteiger partial charge is 0.488 e. The lowest BCUT2D eigenvalue weighted by Crippen LogP contribution is -2.37. The number of rotatable bonds is 5. The van der Waals surface area contributed by atoms with Crippen molar-refractivity contribution in [2.45, 2.75) is 32.0 Å². The van der Waals surface area contributed by atoms with Crippen molar-refractivity contribution in [3.63, 3.8) is 0 Å². The topological polar surface area (TPSA) is 71.5 Å². The average Bonchev–Trinajstić information content (AvgIpc) is 2.94. The molecule has 1 saturated carbocycles. The molecule has 1 aliphatic carbocycles. The first-order valence-electron chi connectivity index (χ1n) is 8.24. The number of amides is 1. The van der Waals surface area contributed by atoms with Crippen molar-refractivity contribution < 1.29 is 14.6 Å². The third kappa shape index (κ3) is 3.74. The lowest BCUT2D eigenvalue weighted by atomic mass is 10.1. The summed E-state index contributed by atoms with van der Waals surface area (Å²) in [6.45, 7) is 2.28. The minimum Gasteiger partial charge on any atom is -0.488 e. The van der Waals surface area contributed by atoms with E-state index < -0.39 is 6.10 Å². The van der Waals surface area contributed by atoms with E-state index in [1.54, 1.807) is 12.3 Å². The predicted octanol–water partition coefficient (Wildman–Crippen LogP) is 2.34. The Balaban J connectivity index is 1.53. The number of aromatic nitrogens is 1. The van der Waals surface area contributed by atoms with Crippen molar-refractivity contribution in [3.8, 4) is 5.75 Å². The van der Waals surface area contributed by atoms with E-state index in [1.807, 2.05) is 43.3 Å². The van der Waals surface area contributed by atoms with Gasteiger partial charge in [0, 0.05) is 18.7 Å². The first-order valence-corrected chi connectivity index (χ1v) is 8.24. The van der Waals surface area contributed by atoms with E-state index in [0.717, 1.165) is 24.2 Å². The number of pyridine rings is 1. The van der Waals surface area contributed by atoms with Gasteiger partial charge in [0.2, 0.25) is 0 Å². The zero-order valence-electron chi connectivity index (χ0n) is 13.7. The van der Waals surface area contributed by atoms with Crippen LogP contribution in [-0.2, 0) is 0 Å². The van der Waals surface area contributed by atoms with E-state index in [-0.39, 0.29) is 17.9 Å². The van der Waals surface area contributed by atoms with Crippen LogP contribution in [0.15, 0.2) is 48.7 Å². The van der Waals surface area contributed by atoms with E-state index >= 15 is 0 Å². The number of carbonyl (C=O) groups is 1. The average molecular weight is 326 g/mol. The van der Waals surface area contributed by atoms with Gasteiger partial charge < -0.3 is 15.2 Å². The quantitative estimate of drug-likeness (QED) is 0.885. The monoisotopic (exact) mass is 326 g/mol. The van der Waals surface area contributed by atoms with E-state index in [9.17, 15) is 9.90 Å². The SMILES string of the molecule is Cc1cccnc1C(=O)NC[C@H]1CC[C@@H](Oc2ccccc2)[C@@H]1O. The summed E-state index contributed by atoms with van der Waals surface area (Å²) in [6.07, 6.45) is 2.39. The maximum absolute atomic E-state index is 12.2. The maximum Gasteiger partial charge on any atom is 0.270 e. The molecular weight excluding hydrogens is 304 g/mol. The number of hydrogen-bond donors (Lipinski definition) is 2. The molecule has 0 aliphatic heterocycles. The second kappa shape index (κ2) is 7.45. The number of aryl methyl sites for hydroxylation is 1. The van der Waals surface area contributed by atoms with Crippen LogP contribution in [0.4, 0.5) is 0 Å². The fraction of sp³-hybridized carbons (Fsp3) is 0.368. The number of benzene rings is 1. The number of aliphatic hydroxyl groups excluding tert-OH is 1. The van der Waals surface area contributed by atoms with Gasteiger partial charge in [0.15, 0.2) is 0 Å². The van der Waals surface area contributed by atoms with Crippen LogP contribution in [-0.4, -0.2) is 34.8 Å². The first kappa shape index (κ1) is 16.5. The van der Waals surface area contributed by atoms with Gasteiger partial charge in [-0.15, -0.1) is 0 Å². The van der Waals surface area contributed by atoms with Gasteiger partial charge in [-0.2, -0.15) is 0 Å². The van der Waals surface area contributed by atoms with E-state index in [0.29, 0.717) is 12.2 Å². The molecule has 126 valence electrons. The van der Waals surface area contributed by atoms with Crippen molar-refractivity contribution in [2.75, 3.05) is 6.54 Å². The maximum atomic E-state index is 12.2. The fourth-order valence-corrected chi connectivity index (χ4v) is 3.08. The van der Waals surface area contributed by atoms with Crippen LogP contribution in [0.5, 0.6) is 5.75 Å². The number of ether oxygens (including phenoxy) is 1. The summed E-state index contributed by atoms with van der Waals surface area (Å²) in [6, 6.07) is 13.2. The van der Waals surface area contributed by atoms with Crippen molar-refractivity contribution in [1.29, 1.82) is 0 Å². The molecule has 5 heteroatoms. The molecule has 1 aromatic heterocycles. The predicted molar refractivity (Wildman–Crippen MR) is 90.9 cm³/mol. The van der Waals surface area contributed by atoms with Gasteiger partial charge in [0.1, 0.15) is 17.5 Å². The summed E-state index contributed by atoms with van der Waals surface area (Å²) in [5, 5.41) is 13.3. The zero-order valence-corrected chi connectivity index (χ0v) is 13.7. The van der Waals surface area contributed by atoms with E-state index in [4.69, 9.17) is 4.74 Å². The molecule has 1 aromatic carbocycles. The molecule has 3 rings (SSSR count). The molecule has 24 heavy (non-hydrogen) atoms. The number of aliphatic hydroxyl groups is 1. The molecule has 0 bridgehead atoms. The number of hydrogen-bond acceptors (Lipinski definition) is 4. The van der Waals surface area contributed by atoms with Gasteiger partial charge >= 0.3 is 0 Å².